The van der Waals surface area contributed by atoms with E-state index in [4.69, 9.17) is 10.5 Å². The molecule has 1 fully saturated rings. The largest absolute Gasteiger partial charge is 0.510 e. The number of rotatable bonds is 5. The summed E-state index contributed by atoms with van der Waals surface area (Å²) in [5, 5.41) is 47.7. The number of aliphatic hydroxyl groups is 3. The number of morpholine rings is 1. The molecule has 11 heteroatoms. The number of primary amides is 1. The molecule has 3 aliphatic carbocycles. The van der Waals surface area contributed by atoms with Crippen molar-refractivity contribution in [2.45, 2.75) is 31.0 Å². The Labute approximate surface area is 271 Å². The lowest BCUT2D eigenvalue weighted by Gasteiger charge is -2.50. The maximum absolute atomic E-state index is 14.2. The van der Waals surface area contributed by atoms with Gasteiger partial charge in [0.1, 0.15) is 22.8 Å². The molecule has 0 radical (unpaired) electrons. The Kier molecular flexibility index (Phi) is 7.47. The van der Waals surface area contributed by atoms with Crippen molar-refractivity contribution in [3.05, 3.63) is 87.9 Å². The number of carbonyl (C=O) groups is 3. The number of fused-ring (bicyclic) bond motifs is 4. The van der Waals surface area contributed by atoms with Crippen LogP contribution >= 0.6 is 0 Å². The second-order valence-electron chi connectivity index (χ2n) is 13.2. The highest BCUT2D eigenvalue weighted by Gasteiger charge is 2.63. The van der Waals surface area contributed by atoms with E-state index in [9.17, 15) is 34.8 Å². The number of allylic oxidation sites excluding steroid dienone is 1. The third-order valence-corrected chi connectivity index (χ3v) is 10.4. The predicted octanol–water partition coefficient (Wildman–Crippen LogP) is 2.77. The van der Waals surface area contributed by atoms with Crippen molar-refractivity contribution in [1.29, 1.82) is 0 Å². The summed E-state index contributed by atoms with van der Waals surface area (Å²) in [6, 6.07) is 14.4. The van der Waals surface area contributed by atoms with E-state index in [1.807, 2.05) is 24.3 Å². The van der Waals surface area contributed by atoms with E-state index in [1.54, 1.807) is 25.1 Å². The molecular formula is C36H37N3O8. The normalized spacial score (nSPS) is 26.4. The van der Waals surface area contributed by atoms with Crippen LogP contribution in [0, 0.1) is 11.8 Å². The first-order valence-electron chi connectivity index (χ1n) is 15.8. The molecule has 0 bridgehead atoms. The van der Waals surface area contributed by atoms with E-state index in [0.717, 1.165) is 47.1 Å². The van der Waals surface area contributed by atoms with E-state index < -0.39 is 58.0 Å². The van der Waals surface area contributed by atoms with E-state index in [-0.39, 0.29) is 29.7 Å². The number of carbonyl (C=O) groups excluding carboxylic acids is 3. The van der Waals surface area contributed by atoms with Gasteiger partial charge in [0, 0.05) is 31.1 Å². The second kappa shape index (κ2) is 11.3. The van der Waals surface area contributed by atoms with Crippen molar-refractivity contribution in [3.63, 3.8) is 0 Å². The number of benzene rings is 3. The average Bonchev–Trinajstić information content (AvgIpc) is 3.03. The first-order chi connectivity index (χ1) is 22.4. The Morgan fingerprint density at radius 3 is 2.36 bits per heavy atom. The van der Waals surface area contributed by atoms with Crippen molar-refractivity contribution in [3.8, 4) is 16.9 Å². The van der Waals surface area contributed by atoms with Crippen LogP contribution < -0.4 is 5.73 Å². The smallest absolute Gasteiger partial charge is 0.255 e. The predicted molar refractivity (Wildman–Crippen MR) is 173 cm³/mol. The van der Waals surface area contributed by atoms with Gasteiger partial charge in [0.05, 0.1) is 24.8 Å². The van der Waals surface area contributed by atoms with Gasteiger partial charge < -0.3 is 30.9 Å². The topological polar surface area (TPSA) is 174 Å². The van der Waals surface area contributed by atoms with Gasteiger partial charge in [-0.2, -0.15) is 0 Å². The van der Waals surface area contributed by atoms with Gasteiger partial charge in [-0.25, -0.2) is 0 Å². The van der Waals surface area contributed by atoms with Crippen LogP contribution in [0.5, 0.6) is 5.75 Å². The number of nitrogens with two attached hydrogens (primary N) is 1. The zero-order valence-corrected chi connectivity index (χ0v) is 26.2. The minimum Gasteiger partial charge on any atom is -0.510 e. The quantitative estimate of drug-likeness (QED) is 0.261. The molecule has 1 amide bonds. The van der Waals surface area contributed by atoms with Gasteiger partial charge in [0.15, 0.2) is 11.4 Å². The number of hydrogen-bond acceptors (Lipinski definition) is 10. The number of phenolic OH excluding ortho intramolecular Hbond substituents is 1. The molecule has 4 atom stereocenters. The lowest BCUT2D eigenvalue weighted by molar-refractivity contribution is -0.148. The molecule has 4 aliphatic rings. The van der Waals surface area contributed by atoms with Crippen LogP contribution in [0.15, 0.2) is 71.2 Å². The van der Waals surface area contributed by atoms with Gasteiger partial charge in [-0.3, -0.25) is 24.2 Å². The highest BCUT2D eigenvalue weighted by Crippen LogP contribution is 2.53. The maximum Gasteiger partial charge on any atom is 0.255 e. The van der Waals surface area contributed by atoms with Crippen LogP contribution in [-0.2, 0) is 27.3 Å². The van der Waals surface area contributed by atoms with Crippen LogP contribution in [-0.4, -0.2) is 99.7 Å². The number of ketones is 2. The van der Waals surface area contributed by atoms with Crippen molar-refractivity contribution in [2.75, 3.05) is 40.4 Å². The fourth-order valence-electron chi connectivity index (χ4n) is 8.24. The second-order valence-corrected chi connectivity index (χ2v) is 13.2. The Morgan fingerprint density at radius 2 is 1.68 bits per heavy atom. The third kappa shape index (κ3) is 4.60. The van der Waals surface area contributed by atoms with Crippen LogP contribution in [0.1, 0.15) is 27.9 Å². The van der Waals surface area contributed by atoms with Gasteiger partial charge >= 0.3 is 0 Å². The van der Waals surface area contributed by atoms with Crippen molar-refractivity contribution in [1.82, 2.24) is 9.80 Å². The molecule has 0 aromatic heterocycles. The van der Waals surface area contributed by atoms with Crippen molar-refractivity contribution in [2.24, 2.45) is 17.6 Å². The lowest BCUT2D eigenvalue weighted by Crippen LogP contribution is -2.63. The molecule has 7 rings (SSSR count). The molecule has 3 aromatic rings. The molecule has 4 unspecified atom stereocenters. The van der Waals surface area contributed by atoms with E-state index >= 15 is 0 Å². The monoisotopic (exact) mass is 639 g/mol. The van der Waals surface area contributed by atoms with Gasteiger partial charge in [0.25, 0.3) is 5.91 Å². The Hall–Kier alpha value is -4.55. The highest BCUT2D eigenvalue weighted by atomic mass is 16.5. The number of ether oxygens (including phenoxy) is 1. The van der Waals surface area contributed by atoms with Crippen molar-refractivity contribution < 1.29 is 39.5 Å². The van der Waals surface area contributed by atoms with E-state index in [1.165, 1.54) is 6.07 Å². The first-order valence-corrected chi connectivity index (χ1v) is 15.8. The van der Waals surface area contributed by atoms with Crippen LogP contribution in [0.3, 0.4) is 0 Å². The summed E-state index contributed by atoms with van der Waals surface area (Å²) in [4.78, 5) is 44.0. The molecule has 11 nitrogen and oxygen atoms in total. The minimum absolute atomic E-state index is 0.00948. The molecule has 1 aliphatic heterocycles. The Balaban J connectivity index is 1.36. The van der Waals surface area contributed by atoms with Gasteiger partial charge in [0.2, 0.25) is 5.78 Å². The molecule has 0 saturated carbocycles. The Bertz CT molecular complexity index is 1920. The molecule has 3 aromatic carbocycles. The third-order valence-electron chi connectivity index (χ3n) is 10.4. The average molecular weight is 640 g/mol. The fraction of sp³-hybridized carbons (Fsp3) is 0.361. The van der Waals surface area contributed by atoms with Crippen LogP contribution in [0.4, 0.5) is 0 Å². The number of aromatic hydroxyl groups is 1. The van der Waals surface area contributed by atoms with Crippen molar-refractivity contribution >= 4 is 28.2 Å². The number of phenols is 1. The molecule has 47 heavy (non-hydrogen) atoms. The summed E-state index contributed by atoms with van der Waals surface area (Å²) < 4.78 is 5.52. The molecule has 1 heterocycles. The zero-order chi connectivity index (χ0) is 33.4. The zero-order valence-electron chi connectivity index (χ0n) is 26.2. The van der Waals surface area contributed by atoms with E-state index in [0.29, 0.717) is 18.8 Å². The summed E-state index contributed by atoms with van der Waals surface area (Å²) in [7, 11) is 3.22. The van der Waals surface area contributed by atoms with Gasteiger partial charge in [-0.15, -0.1) is 0 Å². The number of hydrogen-bond donors (Lipinski definition) is 5. The van der Waals surface area contributed by atoms with Gasteiger partial charge in [-0.1, -0.05) is 42.5 Å². The van der Waals surface area contributed by atoms with Gasteiger partial charge in [-0.05, 0) is 71.9 Å². The molecule has 6 N–H and O–H groups in total. The number of likely N-dealkylation sites (N-methyl/N-ethyl adjacent to an activating group) is 1. The number of Topliss-reactive ketones (excluding diaryl/α,β-unsaturated/α-hetero) is 2. The standard InChI is InChI=1S/C36H37N3O8/c1-38(2)30-25-16-19-15-24-23(22-8-7-18(17-39-11-13-47-14-12-39)20-5-3-4-6-21(20)22)9-10-26(40)28(24)31(41)27(19)33(43)36(25,46)34(44)29(32(30)42)35(37)45/h3-10,19,25,30,40,42-43,46H,11-17H2,1-2H3,(H2,37,45). The molecular weight excluding hydrogens is 602 g/mol. The molecule has 1 saturated heterocycles. The summed E-state index contributed by atoms with van der Waals surface area (Å²) in [6.07, 6.45) is 0.238. The van der Waals surface area contributed by atoms with Crippen LogP contribution in [0.2, 0.25) is 0 Å². The summed E-state index contributed by atoms with van der Waals surface area (Å²) in [5.41, 5.74) is 5.13. The number of aliphatic hydroxyl groups excluding tert-OH is 2. The number of amides is 1. The SMILES string of the molecule is CN(C)C1C(O)=C(C(N)=O)C(=O)C2(O)C(O)=C3C(=O)c4c(O)ccc(-c5ccc(CN6CCOCC6)c6ccccc56)c4CC3CC12. The molecule has 244 valence electrons. The fourth-order valence-corrected chi connectivity index (χ4v) is 8.24. The summed E-state index contributed by atoms with van der Waals surface area (Å²) in [5.74, 6) is -6.72. The maximum atomic E-state index is 14.2. The molecule has 0 spiro atoms. The first kappa shape index (κ1) is 31.1. The summed E-state index contributed by atoms with van der Waals surface area (Å²) >= 11 is 0. The highest BCUT2D eigenvalue weighted by molar-refractivity contribution is 6.25. The van der Waals surface area contributed by atoms with Crippen LogP contribution in [0.25, 0.3) is 21.9 Å². The minimum atomic E-state index is -2.68. The lowest BCUT2D eigenvalue weighted by atomic mass is 9.58. The summed E-state index contributed by atoms with van der Waals surface area (Å²) in [6.45, 7) is 3.85. The van der Waals surface area contributed by atoms with E-state index in [2.05, 4.69) is 17.0 Å². The number of nitrogens with zero attached hydrogens (tertiary/aromatic N) is 2. The Morgan fingerprint density at radius 1 is 1.00 bits per heavy atom.